The lowest BCUT2D eigenvalue weighted by molar-refractivity contribution is 0.0194. The van der Waals surface area contributed by atoms with E-state index in [0.29, 0.717) is 41.8 Å². The fourth-order valence-corrected chi connectivity index (χ4v) is 5.21. The number of hydrogen-bond donors (Lipinski definition) is 3. The summed E-state index contributed by atoms with van der Waals surface area (Å²) >= 11 is 0. The van der Waals surface area contributed by atoms with Gasteiger partial charge in [0.2, 0.25) is 5.95 Å². The van der Waals surface area contributed by atoms with Crippen LogP contribution in [0.15, 0.2) is 48.8 Å². The highest BCUT2D eigenvalue weighted by atomic mass is 19.1. The van der Waals surface area contributed by atoms with Gasteiger partial charge in [-0.15, -0.1) is 0 Å². The largest absolute Gasteiger partial charge is 0.382 e. The lowest BCUT2D eigenvalue weighted by Crippen LogP contribution is -2.46. The SMILES string of the molecule is CO[C@H]1CCN(c2nccc(Nc3cc(NC(C)C)c(C(=O)Nc4cccc(N5CCN(C)CC5)c4)cn3)n2)C[C@H]1F. The molecule has 2 saturated heterocycles. The third-order valence-electron chi connectivity index (χ3n) is 7.53. The first-order valence-corrected chi connectivity index (χ1v) is 14.4. The standard InChI is InChI=1S/C30H40FN9O2/c1-20(2)34-25-17-28(36-27-8-10-32-30(37-27)40-11-9-26(42-4)24(31)19-40)33-18-23(25)29(41)35-21-6-5-7-22(16-21)39-14-12-38(3)13-15-39/h5-8,10,16-18,20,24,26H,9,11-15,19H2,1-4H3,(H,35,41)(H2,32,33,34,36,37)/t24-,26+/m1/s1. The van der Waals surface area contributed by atoms with E-state index in [0.717, 1.165) is 37.6 Å². The number of halogens is 1. The average molecular weight is 578 g/mol. The third kappa shape index (κ3) is 7.24. The maximum Gasteiger partial charge on any atom is 0.259 e. The second-order valence-electron chi connectivity index (χ2n) is 11.1. The summed E-state index contributed by atoms with van der Waals surface area (Å²) in [5.41, 5.74) is 2.89. The molecule has 0 unspecified atom stereocenters. The molecule has 11 nitrogen and oxygen atoms in total. The molecule has 2 aliphatic heterocycles. The Bertz CT molecular complexity index is 1370. The van der Waals surface area contributed by atoms with Crippen LogP contribution in [0, 0.1) is 0 Å². The summed E-state index contributed by atoms with van der Waals surface area (Å²) in [6.07, 6.45) is 2.23. The molecule has 0 radical (unpaired) electrons. The second-order valence-corrected chi connectivity index (χ2v) is 11.1. The fourth-order valence-electron chi connectivity index (χ4n) is 5.21. The van der Waals surface area contributed by atoms with Gasteiger partial charge >= 0.3 is 0 Å². The van der Waals surface area contributed by atoms with Crippen LogP contribution in [-0.2, 0) is 4.74 Å². The van der Waals surface area contributed by atoms with Crippen molar-refractivity contribution in [1.82, 2.24) is 19.9 Å². The molecule has 12 heteroatoms. The first-order valence-electron chi connectivity index (χ1n) is 14.4. The molecule has 2 fully saturated rings. The van der Waals surface area contributed by atoms with Crippen LogP contribution in [0.5, 0.6) is 0 Å². The number of likely N-dealkylation sites (N-methyl/N-ethyl adjacent to an activating group) is 1. The van der Waals surface area contributed by atoms with Crippen molar-refractivity contribution in [2.45, 2.75) is 38.6 Å². The Hall–Kier alpha value is -4.03. The molecule has 2 atom stereocenters. The van der Waals surface area contributed by atoms with E-state index >= 15 is 0 Å². The summed E-state index contributed by atoms with van der Waals surface area (Å²) in [6.45, 7) is 8.71. The van der Waals surface area contributed by atoms with Crippen molar-refractivity contribution in [3.05, 3.63) is 54.4 Å². The van der Waals surface area contributed by atoms with E-state index < -0.39 is 12.3 Å². The smallest absolute Gasteiger partial charge is 0.259 e. The molecule has 3 N–H and O–H groups in total. The molecule has 0 saturated carbocycles. The number of piperidine rings is 1. The number of hydrogen-bond acceptors (Lipinski definition) is 10. The van der Waals surface area contributed by atoms with Crippen LogP contribution >= 0.6 is 0 Å². The second kappa shape index (κ2) is 13.3. The van der Waals surface area contributed by atoms with Crippen molar-refractivity contribution in [2.24, 2.45) is 0 Å². The minimum Gasteiger partial charge on any atom is -0.382 e. The number of methoxy groups -OCH3 is 1. The number of rotatable bonds is 9. The zero-order valence-corrected chi connectivity index (χ0v) is 24.7. The highest BCUT2D eigenvalue weighted by Crippen LogP contribution is 2.26. The molecule has 42 heavy (non-hydrogen) atoms. The van der Waals surface area contributed by atoms with Gasteiger partial charge in [-0.2, -0.15) is 4.98 Å². The molecule has 5 rings (SSSR count). The summed E-state index contributed by atoms with van der Waals surface area (Å²) in [5.74, 6) is 1.22. The molecule has 2 aromatic heterocycles. The van der Waals surface area contributed by atoms with Crippen LogP contribution < -0.4 is 25.8 Å². The van der Waals surface area contributed by atoms with Gasteiger partial charge in [-0.3, -0.25) is 4.79 Å². The number of nitrogens with zero attached hydrogens (tertiary/aromatic N) is 6. The van der Waals surface area contributed by atoms with E-state index in [4.69, 9.17) is 4.74 Å². The first kappa shape index (κ1) is 29.5. The van der Waals surface area contributed by atoms with E-state index in [2.05, 4.69) is 53.8 Å². The van der Waals surface area contributed by atoms with E-state index in [1.807, 2.05) is 36.9 Å². The Morgan fingerprint density at radius 1 is 1.05 bits per heavy atom. The molecule has 2 aliphatic rings. The number of carbonyl (C=O) groups is 1. The fraction of sp³-hybridized carbons (Fsp3) is 0.467. The molecule has 224 valence electrons. The molecule has 1 amide bonds. The van der Waals surface area contributed by atoms with Crippen LogP contribution in [-0.4, -0.2) is 97.5 Å². The zero-order chi connectivity index (χ0) is 29.6. The number of alkyl halides is 1. The number of carbonyl (C=O) groups excluding carboxylic acids is 1. The Kier molecular flexibility index (Phi) is 9.33. The minimum atomic E-state index is -1.11. The Morgan fingerprint density at radius 2 is 1.86 bits per heavy atom. The van der Waals surface area contributed by atoms with Crippen LogP contribution in [0.4, 0.5) is 39.0 Å². The minimum absolute atomic E-state index is 0.0849. The topological polar surface area (TPSA) is 111 Å². The Morgan fingerprint density at radius 3 is 2.60 bits per heavy atom. The van der Waals surface area contributed by atoms with Gasteiger partial charge < -0.3 is 35.4 Å². The monoisotopic (exact) mass is 577 g/mol. The maximum absolute atomic E-state index is 14.4. The van der Waals surface area contributed by atoms with E-state index in [9.17, 15) is 9.18 Å². The molecule has 4 heterocycles. The summed E-state index contributed by atoms with van der Waals surface area (Å²) < 4.78 is 19.7. The number of pyridine rings is 1. The van der Waals surface area contributed by atoms with Crippen molar-refractivity contribution in [3.63, 3.8) is 0 Å². The quantitative estimate of drug-likeness (QED) is 0.345. The lowest BCUT2D eigenvalue weighted by atomic mass is 10.1. The molecule has 0 aliphatic carbocycles. The number of piperazine rings is 1. The van der Waals surface area contributed by atoms with Crippen molar-refractivity contribution in [2.75, 3.05) is 79.2 Å². The van der Waals surface area contributed by atoms with E-state index in [1.54, 1.807) is 24.5 Å². The van der Waals surface area contributed by atoms with E-state index in [-0.39, 0.29) is 18.5 Å². The van der Waals surface area contributed by atoms with Gasteiger partial charge in [0.15, 0.2) is 0 Å². The van der Waals surface area contributed by atoms with Crippen LogP contribution in [0.25, 0.3) is 0 Å². The van der Waals surface area contributed by atoms with E-state index in [1.165, 1.54) is 7.11 Å². The normalized spacial score (nSPS) is 19.6. The van der Waals surface area contributed by atoms with Crippen molar-refractivity contribution < 1.29 is 13.9 Å². The zero-order valence-electron chi connectivity index (χ0n) is 24.7. The molecule has 3 aromatic rings. The summed E-state index contributed by atoms with van der Waals surface area (Å²) in [4.78, 5) is 33.3. The molecule has 0 spiro atoms. The highest BCUT2D eigenvalue weighted by molar-refractivity contribution is 6.08. The summed E-state index contributed by atoms with van der Waals surface area (Å²) in [6, 6.07) is 11.5. The number of aromatic nitrogens is 3. The van der Waals surface area contributed by atoms with Gasteiger partial charge in [-0.1, -0.05) is 6.07 Å². The number of benzene rings is 1. The van der Waals surface area contributed by atoms with Gasteiger partial charge in [0.05, 0.1) is 23.9 Å². The Balaban J connectivity index is 1.30. The molecule has 0 bridgehead atoms. The lowest BCUT2D eigenvalue weighted by Gasteiger charge is -2.34. The third-order valence-corrected chi connectivity index (χ3v) is 7.53. The maximum atomic E-state index is 14.4. The average Bonchev–Trinajstić information content (AvgIpc) is 2.97. The predicted molar refractivity (Wildman–Crippen MR) is 165 cm³/mol. The van der Waals surface area contributed by atoms with Gasteiger partial charge in [0, 0.05) is 75.7 Å². The van der Waals surface area contributed by atoms with Gasteiger partial charge in [-0.25, -0.2) is 14.4 Å². The number of nitrogens with one attached hydrogen (secondary N) is 3. The number of ether oxygens (including phenoxy) is 1. The van der Waals surface area contributed by atoms with Crippen LogP contribution in [0.2, 0.25) is 0 Å². The number of anilines is 6. The van der Waals surface area contributed by atoms with Gasteiger partial charge in [0.1, 0.15) is 17.8 Å². The number of amides is 1. The summed E-state index contributed by atoms with van der Waals surface area (Å²) in [5, 5.41) is 9.61. The van der Waals surface area contributed by atoms with Gasteiger partial charge in [-0.05, 0) is 51.6 Å². The Labute approximate surface area is 246 Å². The van der Waals surface area contributed by atoms with Crippen LogP contribution in [0.3, 0.4) is 0 Å². The van der Waals surface area contributed by atoms with Crippen LogP contribution in [0.1, 0.15) is 30.6 Å². The molecular weight excluding hydrogens is 537 g/mol. The first-order chi connectivity index (χ1) is 20.3. The van der Waals surface area contributed by atoms with Gasteiger partial charge in [0.25, 0.3) is 5.91 Å². The molecule has 1 aromatic carbocycles. The highest BCUT2D eigenvalue weighted by Gasteiger charge is 2.30. The van der Waals surface area contributed by atoms with Crippen molar-refractivity contribution in [1.29, 1.82) is 0 Å². The van der Waals surface area contributed by atoms with Crippen molar-refractivity contribution in [3.8, 4) is 0 Å². The predicted octanol–water partition coefficient (Wildman–Crippen LogP) is 4.00. The summed E-state index contributed by atoms with van der Waals surface area (Å²) in [7, 11) is 3.66. The molecular formula is C30H40FN9O2. The van der Waals surface area contributed by atoms with Crippen molar-refractivity contribution >= 4 is 40.6 Å².